The molecule has 2 rings (SSSR count). The molecule has 1 heteroatoms. The molecule has 2 fully saturated rings. The number of hydrogen-bond acceptors (Lipinski definition) is 1. The molecule has 0 aromatic carbocycles. The lowest BCUT2D eigenvalue weighted by molar-refractivity contribution is 0.0865. The lowest BCUT2D eigenvalue weighted by atomic mass is 9.90. The van der Waals surface area contributed by atoms with Crippen LogP contribution in [-0.2, 0) is 0 Å². The van der Waals surface area contributed by atoms with Crippen LogP contribution in [0.3, 0.4) is 0 Å². The number of hydrogen-bond donors (Lipinski definition) is 1. The minimum atomic E-state index is 0.0463. The van der Waals surface area contributed by atoms with Crippen LogP contribution in [0.15, 0.2) is 0 Å². The van der Waals surface area contributed by atoms with Crippen molar-refractivity contribution in [3.05, 3.63) is 0 Å². The van der Waals surface area contributed by atoms with Crippen LogP contribution < -0.4 is 0 Å². The third-order valence-electron chi connectivity index (χ3n) is 3.54. The Bertz CT molecular complexity index is 133. The maximum absolute atomic E-state index is 9.76. The van der Waals surface area contributed by atoms with Crippen molar-refractivity contribution in [2.24, 2.45) is 11.8 Å². The van der Waals surface area contributed by atoms with E-state index < -0.39 is 0 Å². The molecule has 0 radical (unpaired) electrons. The van der Waals surface area contributed by atoms with Gasteiger partial charge in [-0.05, 0) is 24.7 Å². The van der Waals surface area contributed by atoms with E-state index in [4.69, 9.17) is 0 Å². The fourth-order valence-corrected chi connectivity index (χ4v) is 2.90. The van der Waals surface area contributed by atoms with Gasteiger partial charge in [-0.2, -0.15) is 0 Å². The van der Waals surface area contributed by atoms with E-state index in [1.807, 2.05) is 0 Å². The highest BCUT2D eigenvalue weighted by molar-refractivity contribution is 4.84. The third-order valence-corrected chi connectivity index (χ3v) is 3.54. The predicted octanol–water partition coefficient (Wildman–Crippen LogP) is 2.34. The molecule has 2 aliphatic rings. The van der Waals surface area contributed by atoms with E-state index in [0.717, 1.165) is 12.3 Å². The van der Waals surface area contributed by atoms with Gasteiger partial charge >= 0.3 is 0 Å². The third kappa shape index (κ3) is 1.44. The first-order chi connectivity index (χ1) is 5.38. The molecule has 1 nitrogen and oxygen atoms in total. The first-order valence-corrected chi connectivity index (χ1v) is 5.06. The fourth-order valence-electron chi connectivity index (χ4n) is 2.90. The van der Waals surface area contributed by atoms with Crippen LogP contribution in [0.5, 0.6) is 0 Å². The molecule has 0 saturated heterocycles. The molecule has 11 heavy (non-hydrogen) atoms. The molecule has 1 N–H and O–H groups in total. The average Bonchev–Trinajstić information content (AvgIpc) is 2.40. The van der Waals surface area contributed by atoms with Crippen molar-refractivity contribution in [3.8, 4) is 0 Å². The Balaban J connectivity index is 2.03. The highest BCUT2D eigenvalue weighted by Crippen LogP contribution is 2.40. The average molecular weight is 154 g/mol. The van der Waals surface area contributed by atoms with Gasteiger partial charge in [-0.25, -0.2) is 0 Å². The maximum Gasteiger partial charge on any atom is 0.0571 e. The topological polar surface area (TPSA) is 20.2 Å². The molecular weight excluding hydrogens is 136 g/mol. The Hall–Kier alpha value is -0.0400. The van der Waals surface area contributed by atoms with Crippen LogP contribution in [0, 0.1) is 11.8 Å². The van der Waals surface area contributed by atoms with Gasteiger partial charge in [-0.3, -0.25) is 0 Å². The Labute approximate surface area is 68.8 Å². The van der Waals surface area contributed by atoms with Crippen molar-refractivity contribution < 1.29 is 5.11 Å². The fraction of sp³-hybridized carbons (Fsp3) is 1.00. The van der Waals surface area contributed by atoms with Gasteiger partial charge in [-0.1, -0.05) is 32.1 Å². The molecule has 0 heterocycles. The molecule has 64 valence electrons. The van der Waals surface area contributed by atoms with Crippen molar-refractivity contribution in [2.45, 2.75) is 51.0 Å². The summed E-state index contributed by atoms with van der Waals surface area (Å²) >= 11 is 0. The summed E-state index contributed by atoms with van der Waals surface area (Å²) in [5.41, 5.74) is 0. The lowest BCUT2D eigenvalue weighted by Crippen LogP contribution is -2.21. The van der Waals surface area contributed by atoms with Gasteiger partial charge in [0.2, 0.25) is 0 Å². The number of rotatable bonds is 0. The van der Waals surface area contributed by atoms with Crippen LogP contribution in [0.25, 0.3) is 0 Å². The van der Waals surface area contributed by atoms with Crippen molar-refractivity contribution in [2.75, 3.05) is 0 Å². The van der Waals surface area contributed by atoms with E-state index in [9.17, 15) is 5.11 Å². The molecular formula is C10H18O. The van der Waals surface area contributed by atoms with E-state index in [-0.39, 0.29) is 6.10 Å². The standard InChI is InChI=1S/C10H18O/c11-10-7-2-1-4-8-5-3-6-9(8)10/h8-11H,1-7H2. The Morgan fingerprint density at radius 3 is 2.45 bits per heavy atom. The summed E-state index contributed by atoms with van der Waals surface area (Å²) < 4.78 is 0. The van der Waals surface area contributed by atoms with Crippen LogP contribution in [0.4, 0.5) is 0 Å². The van der Waals surface area contributed by atoms with Crippen LogP contribution in [0.1, 0.15) is 44.9 Å². The minimum absolute atomic E-state index is 0.0463. The molecule has 0 aromatic heterocycles. The van der Waals surface area contributed by atoms with Gasteiger partial charge in [0.05, 0.1) is 6.10 Å². The van der Waals surface area contributed by atoms with E-state index >= 15 is 0 Å². The van der Waals surface area contributed by atoms with Gasteiger partial charge in [0, 0.05) is 0 Å². The summed E-state index contributed by atoms with van der Waals surface area (Å²) in [5.74, 6) is 1.56. The Morgan fingerprint density at radius 1 is 0.818 bits per heavy atom. The zero-order valence-electron chi connectivity index (χ0n) is 7.13. The molecule has 0 bridgehead atoms. The number of aliphatic hydroxyl groups is 1. The van der Waals surface area contributed by atoms with Gasteiger partial charge in [0.1, 0.15) is 0 Å². The second kappa shape index (κ2) is 3.14. The van der Waals surface area contributed by atoms with E-state index in [0.29, 0.717) is 5.92 Å². The summed E-state index contributed by atoms with van der Waals surface area (Å²) in [4.78, 5) is 0. The summed E-state index contributed by atoms with van der Waals surface area (Å²) in [6.07, 6.45) is 9.18. The van der Waals surface area contributed by atoms with E-state index in [1.165, 1.54) is 38.5 Å². The first kappa shape index (κ1) is 7.60. The second-order valence-corrected chi connectivity index (χ2v) is 4.21. The van der Waals surface area contributed by atoms with Crippen molar-refractivity contribution in [1.29, 1.82) is 0 Å². The zero-order valence-corrected chi connectivity index (χ0v) is 7.13. The maximum atomic E-state index is 9.76. The van der Waals surface area contributed by atoms with Crippen LogP contribution in [-0.4, -0.2) is 11.2 Å². The normalized spacial score (nSPS) is 45.0. The largest absolute Gasteiger partial charge is 0.393 e. The smallest absolute Gasteiger partial charge is 0.0571 e. The first-order valence-electron chi connectivity index (χ1n) is 5.06. The monoisotopic (exact) mass is 154 g/mol. The molecule has 2 aliphatic carbocycles. The molecule has 3 unspecified atom stereocenters. The second-order valence-electron chi connectivity index (χ2n) is 4.21. The Kier molecular flexibility index (Phi) is 2.17. The van der Waals surface area contributed by atoms with Gasteiger partial charge in [0.25, 0.3) is 0 Å². The van der Waals surface area contributed by atoms with Crippen LogP contribution in [0.2, 0.25) is 0 Å². The predicted molar refractivity (Wildman–Crippen MR) is 45.3 cm³/mol. The minimum Gasteiger partial charge on any atom is -0.393 e. The summed E-state index contributed by atoms with van der Waals surface area (Å²) in [7, 11) is 0. The van der Waals surface area contributed by atoms with Crippen molar-refractivity contribution >= 4 is 0 Å². The van der Waals surface area contributed by atoms with Crippen molar-refractivity contribution in [1.82, 2.24) is 0 Å². The summed E-state index contributed by atoms with van der Waals surface area (Å²) in [6.45, 7) is 0. The molecule has 0 aromatic rings. The molecule has 0 amide bonds. The van der Waals surface area contributed by atoms with Gasteiger partial charge in [0.15, 0.2) is 0 Å². The molecule has 3 atom stereocenters. The Morgan fingerprint density at radius 2 is 1.55 bits per heavy atom. The van der Waals surface area contributed by atoms with E-state index in [1.54, 1.807) is 0 Å². The molecule has 0 spiro atoms. The van der Waals surface area contributed by atoms with E-state index in [2.05, 4.69) is 0 Å². The SMILES string of the molecule is OC1CCCCC2CCCC12. The molecule has 2 saturated carbocycles. The highest BCUT2D eigenvalue weighted by atomic mass is 16.3. The van der Waals surface area contributed by atoms with Crippen molar-refractivity contribution in [3.63, 3.8) is 0 Å². The van der Waals surface area contributed by atoms with Crippen LogP contribution >= 0.6 is 0 Å². The zero-order chi connectivity index (χ0) is 7.68. The number of fused-ring (bicyclic) bond motifs is 1. The van der Waals surface area contributed by atoms with Gasteiger partial charge < -0.3 is 5.11 Å². The molecule has 0 aliphatic heterocycles. The quantitative estimate of drug-likeness (QED) is 0.568. The van der Waals surface area contributed by atoms with Gasteiger partial charge in [-0.15, -0.1) is 0 Å². The lowest BCUT2D eigenvalue weighted by Gasteiger charge is -2.20. The number of aliphatic hydroxyl groups excluding tert-OH is 1. The highest BCUT2D eigenvalue weighted by Gasteiger charge is 2.33. The summed E-state index contributed by atoms with van der Waals surface area (Å²) in [5, 5.41) is 9.76. The summed E-state index contributed by atoms with van der Waals surface area (Å²) in [6, 6.07) is 0.